The lowest BCUT2D eigenvalue weighted by molar-refractivity contribution is -0.140. The van der Waals surface area contributed by atoms with Crippen molar-refractivity contribution in [3.05, 3.63) is 74.7 Å². The second-order valence-corrected chi connectivity index (χ2v) is 9.58. The minimum atomic E-state index is -0.257. The maximum atomic E-state index is 12.8. The number of nitrogens with zero attached hydrogens (tertiary/aromatic N) is 2. The number of allylic oxidation sites excluding steroid dienone is 2. The lowest BCUT2D eigenvalue weighted by Gasteiger charge is -2.14. The molecule has 30 heavy (non-hydrogen) atoms. The first-order chi connectivity index (χ1) is 14.5. The maximum absolute atomic E-state index is 12.8. The molecule has 5 rings (SSSR count). The number of fused-ring (bicyclic) bond motifs is 5. The molecule has 0 N–H and O–H groups in total. The summed E-state index contributed by atoms with van der Waals surface area (Å²) in [6, 6.07) is 13.6. The number of benzene rings is 2. The van der Waals surface area contributed by atoms with Crippen LogP contribution >= 0.6 is 31.9 Å². The molecule has 3 aliphatic rings. The van der Waals surface area contributed by atoms with E-state index in [9.17, 15) is 9.59 Å². The molecule has 1 saturated heterocycles. The van der Waals surface area contributed by atoms with Crippen molar-refractivity contribution in [1.82, 2.24) is 5.01 Å². The number of carbonyl (C=O) groups is 2. The molecular formula is C23H18Br2N2O3. The van der Waals surface area contributed by atoms with Gasteiger partial charge in [-0.2, -0.15) is 10.1 Å². The van der Waals surface area contributed by atoms with Gasteiger partial charge in [0.2, 0.25) is 0 Å². The van der Waals surface area contributed by atoms with Gasteiger partial charge in [0, 0.05) is 10.0 Å². The Hall–Kier alpha value is -2.25. The van der Waals surface area contributed by atoms with Crippen molar-refractivity contribution < 1.29 is 14.3 Å². The van der Waals surface area contributed by atoms with Crippen molar-refractivity contribution >= 4 is 49.9 Å². The molecule has 5 nitrogen and oxygen atoms in total. The molecule has 1 aliphatic heterocycles. The fraction of sp³-hybridized carbons (Fsp3) is 0.261. The van der Waals surface area contributed by atoms with E-state index in [1.54, 1.807) is 0 Å². The van der Waals surface area contributed by atoms with E-state index in [1.807, 2.05) is 42.5 Å². The number of hydrogen-bond acceptors (Lipinski definition) is 4. The van der Waals surface area contributed by atoms with Gasteiger partial charge in [-0.15, -0.1) is 0 Å². The number of rotatable bonds is 5. The van der Waals surface area contributed by atoms with E-state index in [1.165, 1.54) is 6.21 Å². The molecule has 2 fully saturated rings. The van der Waals surface area contributed by atoms with Crippen molar-refractivity contribution in [2.24, 2.45) is 28.8 Å². The van der Waals surface area contributed by atoms with Gasteiger partial charge in [0.25, 0.3) is 11.8 Å². The zero-order chi connectivity index (χ0) is 20.8. The van der Waals surface area contributed by atoms with E-state index >= 15 is 0 Å². The van der Waals surface area contributed by atoms with Crippen LogP contribution in [-0.2, 0) is 16.2 Å². The van der Waals surface area contributed by atoms with E-state index in [2.05, 4.69) is 49.1 Å². The van der Waals surface area contributed by atoms with Crippen LogP contribution in [0.5, 0.6) is 5.75 Å². The predicted octanol–water partition coefficient (Wildman–Crippen LogP) is 4.93. The van der Waals surface area contributed by atoms with E-state index in [-0.39, 0.29) is 35.5 Å². The Labute approximate surface area is 191 Å². The van der Waals surface area contributed by atoms with E-state index in [0.29, 0.717) is 17.9 Å². The Kier molecular flexibility index (Phi) is 5.11. The number of imide groups is 1. The molecular weight excluding hydrogens is 512 g/mol. The minimum absolute atomic E-state index is 0.168. The van der Waals surface area contributed by atoms with E-state index in [4.69, 9.17) is 4.74 Å². The molecule has 0 radical (unpaired) electrons. The number of ether oxygens (including phenoxy) is 1. The number of halogens is 2. The highest BCUT2D eigenvalue weighted by Crippen LogP contribution is 2.52. The van der Waals surface area contributed by atoms with Crippen LogP contribution in [0.25, 0.3) is 0 Å². The van der Waals surface area contributed by atoms with Crippen LogP contribution in [0, 0.1) is 23.7 Å². The molecule has 2 bridgehead atoms. The molecule has 1 heterocycles. The van der Waals surface area contributed by atoms with Crippen molar-refractivity contribution in [1.29, 1.82) is 0 Å². The van der Waals surface area contributed by atoms with Crippen LogP contribution in [0.1, 0.15) is 17.5 Å². The highest BCUT2D eigenvalue weighted by molar-refractivity contribution is 9.11. The molecule has 0 unspecified atom stereocenters. The van der Waals surface area contributed by atoms with Gasteiger partial charge in [0.15, 0.2) is 0 Å². The Morgan fingerprint density at radius 3 is 2.37 bits per heavy atom. The summed E-state index contributed by atoms with van der Waals surface area (Å²) >= 11 is 7.02. The van der Waals surface area contributed by atoms with Gasteiger partial charge >= 0.3 is 0 Å². The lowest BCUT2D eigenvalue weighted by Crippen LogP contribution is -2.28. The van der Waals surface area contributed by atoms with Crippen LogP contribution in [0.4, 0.5) is 0 Å². The standard InChI is InChI=1S/C23H18Br2N2O3/c24-17-9-16(21(18(25)10-17)30-12-13-4-2-1-3-5-13)11-26-27-22(28)19-14-6-7-15(8-14)20(19)23(27)29/h1-7,9-11,14-15,19-20H,8,12H2/b26-11-/t14-,15-,19-,20-/m0/s1. The molecule has 0 aromatic heterocycles. The minimum Gasteiger partial charge on any atom is -0.487 e. The first-order valence-electron chi connectivity index (χ1n) is 9.79. The largest absolute Gasteiger partial charge is 0.487 e. The highest BCUT2D eigenvalue weighted by Gasteiger charge is 2.59. The topological polar surface area (TPSA) is 59.0 Å². The Balaban J connectivity index is 1.40. The van der Waals surface area contributed by atoms with E-state index < -0.39 is 0 Å². The van der Waals surface area contributed by atoms with Crippen LogP contribution < -0.4 is 4.74 Å². The van der Waals surface area contributed by atoms with Crippen LogP contribution in [-0.4, -0.2) is 23.0 Å². The molecule has 7 heteroatoms. The molecule has 2 aliphatic carbocycles. The SMILES string of the molecule is O=C1[C@@H]2[C@@H](C(=O)N1/N=C\c1cc(Br)cc(Br)c1OCc1ccccc1)[C@H]1C=C[C@H]2C1. The smallest absolute Gasteiger partial charge is 0.254 e. The lowest BCUT2D eigenvalue weighted by atomic mass is 9.85. The van der Waals surface area contributed by atoms with Crippen molar-refractivity contribution in [2.45, 2.75) is 13.0 Å². The van der Waals surface area contributed by atoms with Crippen molar-refractivity contribution in [2.75, 3.05) is 0 Å². The zero-order valence-electron chi connectivity index (χ0n) is 15.9. The second kappa shape index (κ2) is 7.78. The molecule has 0 spiro atoms. The van der Waals surface area contributed by atoms with Gasteiger partial charge < -0.3 is 4.74 Å². The third-order valence-electron chi connectivity index (χ3n) is 6.02. The normalized spacial score (nSPS) is 26.8. The predicted molar refractivity (Wildman–Crippen MR) is 120 cm³/mol. The summed E-state index contributed by atoms with van der Waals surface area (Å²) in [6.45, 7) is 0.392. The maximum Gasteiger partial charge on any atom is 0.254 e. The summed E-state index contributed by atoms with van der Waals surface area (Å²) in [5.74, 6) is 0.0351. The summed E-state index contributed by atoms with van der Waals surface area (Å²) in [5, 5.41) is 5.35. The Morgan fingerprint density at radius 2 is 1.70 bits per heavy atom. The molecule has 2 aromatic rings. The number of carbonyl (C=O) groups excluding carboxylic acids is 2. The Bertz CT molecular complexity index is 1050. The molecule has 1 saturated carbocycles. The Morgan fingerprint density at radius 1 is 1.03 bits per heavy atom. The number of amides is 2. The fourth-order valence-electron chi connectivity index (χ4n) is 4.68. The molecule has 152 valence electrons. The summed E-state index contributed by atoms with van der Waals surface area (Å²) in [6.07, 6.45) is 6.58. The fourth-order valence-corrected chi connectivity index (χ4v) is 6.05. The van der Waals surface area contributed by atoms with Crippen molar-refractivity contribution in [3.63, 3.8) is 0 Å². The third kappa shape index (κ3) is 3.34. The van der Waals surface area contributed by atoms with Gasteiger partial charge in [-0.25, -0.2) is 0 Å². The first-order valence-corrected chi connectivity index (χ1v) is 11.4. The van der Waals surface area contributed by atoms with Gasteiger partial charge in [-0.05, 0) is 51.9 Å². The molecule has 2 amide bonds. The zero-order valence-corrected chi connectivity index (χ0v) is 19.0. The van der Waals surface area contributed by atoms with E-state index in [0.717, 1.165) is 25.9 Å². The first kappa shape index (κ1) is 19.7. The molecule has 4 atom stereocenters. The monoisotopic (exact) mass is 528 g/mol. The summed E-state index contributed by atoms with van der Waals surface area (Å²) in [5.41, 5.74) is 1.71. The van der Waals surface area contributed by atoms with Crippen LogP contribution in [0.2, 0.25) is 0 Å². The molecule has 2 aromatic carbocycles. The van der Waals surface area contributed by atoms with Crippen molar-refractivity contribution in [3.8, 4) is 5.75 Å². The van der Waals surface area contributed by atoms with Crippen LogP contribution in [0.3, 0.4) is 0 Å². The number of hydrazone groups is 1. The highest BCUT2D eigenvalue weighted by atomic mass is 79.9. The van der Waals surface area contributed by atoms with Gasteiger partial charge in [-0.1, -0.05) is 58.4 Å². The van der Waals surface area contributed by atoms with Gasteiger partial charge in [0.05, 0.1) is 22.5 Å². The third-order valence-corrected chi connectivity index (χ3v) is 7.07. The van der Waals surface area contributed by atoms with Gasteiger partial charge in [-0.3, -0.25) is 9.59 Å². The summed E-state index contributed by atoms with van der Waals surface area (Å²) < 4.78 is 7.63. The number of hydrogen-bond donors (Lipinski definition) is 0. The summed E-state index contributed by atoms with van der Waals surface area (Å²) in [4.78, 5) is 25.7. The summed E-state index contributed by atoms with van der Waals surface area (Å²) in [7, 11) is 0. The quantitative estimate of drug-likeness (QED) is 0.313. The van der Waals surface area contributed by atoms with Gasteiger partial charge in [0.1, 0.15) is 12.4 Å². The second-order valence-electron chi connectivity index (χ2n) is 7.81. The average molecular weight is 530 g/mol. The average Bonchev–Trinajstić information content (AvgIpc) is 3.41. The van der Waals surface area contributed by atoms with Crippen LogP contribution in [0.15, 0.2) is 68.7 Å².